The van der Waals surface area contributed by atoms with Crippen LogP contribution in [0, 0.1) is 5.82 Å². The SMILES string of the molecule is CCNC(c1cc(Br)ccc1F)C1CSC(C)C(C)S1. The molecule has 112 valence electrons. The Morgan fingerprint density at radius 3 is 2.80 bits per heavy atom. The van der Waals surface area contributed by atoms with Gasteiger partial charge in [0.2, 0.25) is 0 Å². The number of hydrogen-bond acceptors (Lipinski definition) is 3. The van der Waals surface area contributed by atoms with Gasteiger partial charge in [-0.2, -0.15) is 23.5 Å². The van der Waals surface area contributed by atoms with Gasteiger partial charge in [-0.25, -0.2) is 4.39 Å². The summed E-state index contributed by atoms with van der Waals surface area (Å²) in [5.41, 5.74) is 0.779. The molecule has 5 heteroatoms. The zero-order chi connectivity index (χ0) is 14.7. The van der Waals surface area contributed by atoms with Crippen molar-refractivity contribution < 1.29 is 4.39 Å². The molecule has 0 aromatic heterocycles. The van der Waals surface area contributed by atoms with Crippen LogP contribution in [0.4, 0.5) is 4.39 Å². The molecule has 0 amide bonds. The molecule has 1 nitrogen and oxygen atoms in total. The molecule has 0 radical (unpaired) electrons. The third kappa shape index (κ3) is 3.93. The van der Waals surface area contributed by atoms with Crippen LogP contribution in [0.15, 0.2) is 22.7 Å². The molecule has 0 spiro atoms. The van der Waals surface area contributed by atoms with E-state index < -0.39 is 0 Å². The minimum Gasteiger partial charge on any atom is -0.309 e. The highest BCUT2D eigenvalue weighted by atomic mass is 79.9. The van der Waals surface area contributed by atoms with Gasteiger partial charge in [0.25, 0.3) is 0 Å². The smallest absolute Gasteiger partial charge is 0.128 e. The monoisotopic (exact) mass is 377 g/mol. The molecule has 1 N–H and O–H groups in total. The molecule has 4 unspecified atom stereocenters. The summed E-state index contributed by atoms with van der Waals surface area (Å²) in [4.78, 5) is 0. The van der Waals surface area contributed by atoms with Crippen LogP contribution in [0.25, 0.3) is 0 Å². The van der Waals surface area contributed by atoms with Gasteiger partial charge < -0.3 is 5.32 Å². The van der Waals surface area contributed by atoms with Gasteiger partial charge in [0.05, 0.1) is 0 Å². The van der Waals surface area contributed by atoms with Crippen molar-refractivity contribution in [2.24, 2.45) is 0 Å². The van der Waals surface area contributed by atoms with Crippen LogP contribution in [0.1, 0.15) is 32.4 Å². The first kappa shape index (κ1) is 16.7. The second-order valence-electron chi connectivity index (χ2n) is 5.12. The summed E-state index contributed by atoms with van der Waals surface area (Å²) in [6, 6.07) is 5.30. The second-order valence-corrected chi connectivity index (χ2v) is 9.07. The maximum absolute atomic E-state index is 14.2. The van der Waals surface area contributed by atoms with Crippen molar-refractivity contribution in [1.29, 1.82) is 0 Å². The Balaban J connectivity index is 2.24. The van der Waals surface area contributed by atoms with E-state index in [-0.39, 0.29) is 11.9 Å². The van der Waals surface area contributed by atoms with Gasteiger partial charge in [-0.3, -0.25) is 0 Å². The van der Waals surface area contributed by atoms with Crippen molar-refractivity contribution in [2.45, 2.75) is 42.6 Å². The Hall–Kier alpha value is 0.290. The Morgan fingerprint density at radius 1 is 1.40 bits per heavy atom. The summed E-state index contributed by atoms with van der Waals surface area (Å²) in [5, 5.41) is 5.17. The van der Waals surface area contributed by atoms with Crippen LogP contribution in [0.2, 0.25) is 0 Å². The van der Waals surface area contributed by atoms with Crippen LogP contribution >= 0.6 is 39.5 Å². The van der Waals surface area contributed by atoms with E-state index in [9.17, 15) is 4.39 Å². The number of thioether (sulfide) groups is 2. The van der Waals surface area contributed by atoms with E-state index in [1.54, 1.807) is 12.1 Å². The van der Waals surface area contributed by atoms with Crippen LogP contribution in [0.5, 0.6) is 0 Å². The van der Waals surface area contributed by atoms with Crippen LogP contribution in [-0.4, -0.2) is 28.0 Å². The fraction of sp³-hybridized carbons (Fsp3) is 0.600. The van der Waals surface area contributed by atoms with Crippen molar-refractivity contribution >= 4 is 39.5 Å². The van der Waals surface area contributed by atoms with E-state index in [4.69, 9.17) is 0 Å². The highest BCUT2D eigenvalue weighted by Gasteiger charge is 2.32. The number of rotatable bonds is 4. The zero-order valence-corrected chi connectivity index (χ0v) is 15.2. The van der Waals surface area contributed by atoms with Gasteiger partial charge in [-0.15, -0.1) is 0 Å². The number of hydrogen-bond donors (Lipinski definition) is 1. The van der Waals surface area contributed by atoms with Crippen molar-refractivity contribution in [2.75, 3.05) is 12.3 Å². The van der Waals surface area contributed by atoms with Gasteiger partial charge in [0, 0.05) is 37.6 Å². The summed E-state index contributed by atoms with van der Waals surface area (Å²) in [6.07, 6.45) is 0. The fourth-order valence-corrected chi connectivity index (χ4v) is 5.88. The van der Waals surface area contributed by atoms with Crippen LogP contribution in [-0.2, 0) is 0 Å². The molecule has 4 atom stereocenters. The predicted octanol–water partition coefficient (Wildman–Crippen LogP) is 4.86. The minimum atomic E-state index is -0.115. The highest BCUT2D eigenvalue weighted by molar-refractivity contribution is 9.10. The van der Waals surface area contributed by atoms with Gasteiger partial charge in [0.15, 0.2) is 0 Å². The lowest BCUT2D eigenvalue weighted by Crippen LogP contribution is -2.37. The third-order valence-electron chi connectivity index (χ3n) is 3.66. The molecule has 1 aliphatic rings. The fourth-order valence-electron chi connectivity index (χ4n) is 2.40. The molecule has 1 heterocycles. The summed E-state index contributed by atoms with van der Waals surface area (Å²) < 4.78 is 15.1. The van der Waals surface area contributed by atoms with E-state index in [0.29, 0.717) is 15.7 Å². The molecule has 1 fully saturated rings. The van der Waals surface area contributed by atoms with Crippen molar-refractivity contribution in [3.63, 3.8) is 0 Å². The number of halogens is 2. The summed E-state index contributed by atoms with van der Waals surface area (Å²) >= 11 is 7.44. The Morgan fingerprint density at radius 2 is 2.15 bits per heavy atom. The molecule has 0 aliphatic carbocycles. The molecule has 0 bridgehead atoms. The van der Waals surface area contributed by atoms with E-state index in [1.807, 2.05) is 29.6 Å². The molecule has 0 saturated carbocycles. The van der Waals surface area contributed by atoms with Gasteiger partial charge >= 0.3 is 0 Å². The van der Waals surface area contributed by atoms with Crippen molar-refractivity contribution in [3.8, 4) is 0 Å². The Bertz CT molecular complexity index is 457. The van der Waals surface area contributed by atoms with Gasteiger partial charge in [-0.05, 0) is 24.7 Å². The molecule has 1 aliphatic heterocycles. The van der Waals surface area contributed by atoms with Crippen molar-refractivity contribution in [1.82, 2.24) is 5.32 Å². The van der Waals surface area contributed by atoms with Crippen LogP contribution < -0.4 is 5.32 Å². The van der Waals surface area contributed by atoms with E-state index in [0.717, 1.165) is 22.3 Å². The average Bonchev–Trinajstić information content (AvgIpc) is 2.42. The lowest BCUT2D eigenvalue weighted by atomic mass is 10.0. The molecular formula is C15H21BrFNS2. The second kappa shape index (κ2) is 7.52. The van der Waals surface area contributed by atoms with Crippen molar-refractivity contribution in [3.05, 3.63) is 34.1 Å². The molecule has 2 rings (SSSR count). The Kier molecular flexibility index (Phi) is 6.26. The normalized spacial score (nSPS) is 28.4. The topological polar surface area (TPSA) is 12.0 Å². The first-order valence-electron chi connectivity index (χ1n) is 6.98. The number of benzene rings is 1. The first-order valence-corrected chi connectivity index (χ1v) is 9.76. The molecule has 1 saturated heterocycles. The lowest BCUT2D eigenvalue weighted by molar-refractivity contribution is 0.508. The lowest BCUT2D eigenvalue weighted by Gasteiger charge is -2.36. The summed E-state index contributed by atoms with van der Waals surface area (Å²) in [5.74, 6) is 0.954. The minimum absolute atomic E-state index is 0.0740. The average molecular weight is 378 g/mol. The third-order valence-corrected chi connectivity index (χ3v) is 7.65. The van der Waals surface area contributed by atoms with E-state index >= 15 is 0 Å². The van der Waals surface area contributed by atoms with Gasteiger partial charge in [-0.1, -0.05) is 36.7 Å². The first-order chi connectivity index (χ1) is 9.52. The van der Waals surface area contributed by atoms with E-state index in [1.165, 1.54) is 0 Å². The maximum atomic E-state index is 14.2. The number of nitrogens with one attached hydrogen (secondary N) is 1. The summed E-state index contributed by atoms with van der Waals surface area (Å²) in [6.45, 7) is 7.48. The maximum Gasteiger partial charge on any atom is 0.128 e. The largest absolute Gasteiger partial charge is 0.309 e. The molecule has 1 aromatic carbocycles. The van der Waals surface area contributed by atoms with Gasteiger partial charge in [0.1, 0.15) is 5.82 Å². The predicted molar refractivity (Wildman–Crippen MR) is 93.3 cm³/mol. The molecule has 20 heavy (non-hydrogen) atoms. The standard InChI is InChI=1S/C15H21BrFNS2/c1-4-18-15(12-7-11(16)5-6-13(12)17)14-8-19-9(2)10(3)20-14/h5-7,9-10,14-15,18H,4,8H2,1-3H3. The molecular weight excluding hydrogens is 357 g/mol. The summed E-state index contributed by atoms with van der Waals surface area (Å²) in [7, 11) is 0. The van der Waals surface area contributed by atoms with Crippen LogP contribution in [0.3, 0.4) is 0 Å². The zero-order valence-electron chi connectivity index (χ0n) is 12.0. The van der Waals surface area contributed by atoms with E-state index in [2.05, 4.69) is 42.0 Å². The quantitative estimate of drug-likeness (QED) is 0.803. The highest BCUT2D eigenvalue weighted by Crippen LogP contribution is 2.41. The Labute approximate surface area is 138 Å². The molecule has 1 aromatic rings.